The molecule has 2 aromatic heterocycles. The molecule has 0 aliphatic carbocycles. The second kappa shape index (κ2) is 7.66. The summed E-state index contributed by atoms with van der Waals surface area (Å²) in [6, 6.07) is 14.4. The van der Waals surface area contributed by atoms with Crippen LogP contribution in [0.15, 0.2) is 48.7 Å². The molecule has 0 radical (unpaired) electrons. The largest absolute Gasteiger partial charge is 0.480 e. The maximum Gasteiger partial charge on any atom is 0.233 e. The topological polar surface area (TPSA) is 66.9 Å². The number of benzene rings is 1. The van der Waals surface area contributed by atoms with Gasteiger partial charge in [-0.25, -0.2) is 4.98 Å². The van der Waals surface area contributed by atoms with Gasteiger partial charge in [-0.15, -0.1) is 5.10 Å². The highest BCUT2D eigenvalue weighted by Gasteiger charge is 2.26. The summed E-state index contributed by atoms with van der Waals surface area (Å²) in [5.41, 5.74) is 3.18. The molecule has 3 heterocycles. The minimum Gasteiger partial charge on any atom is -0.480 e. The number of imidazole rings is 1. The first-order valence-electron chi connectivity index (χ1n) is 9.04. The van der Waals surface area contributed by atoms with Crippen LogP contribution in [0.5, 0.6) is 5.88 Å². The Labute approximate surface area is 153 Å². The number of methoxy groups -OCH3 is 1. The van der Waals surface area contributed by atoms with Gasteiger partial charge >= 0.3 is 0 Å². The summed E-state index contributed by atoms with van der Waals surface area (Å²) in [5.74, 6) is 1.58. The minimum atomic E-state index is 0.283. The van der Waals surface area contributed by atoms with Gasteiger partial charge < -0.3 is 9.72 Å². The van der Waals surface area contributed by atoms with Crippen molar-refractivity contribution < 1.29 is 4.74 Å². The van der Waals surface area contributed by atoms with Crippen LogP contribution in [0.2, 0.25) is 0 Å². The first-order valence-corrected chi connectivity index (χ1v) is 9.04. The Morgan fingerprint density at radius 2 is 2.00 bits per heavy atom. The van der Waals surface area contributed by atoms with Crippen molar-refractivity contribution in [3.63, 3.8) is 0 Å². The zero-order valence-electron chi connectivity index (χ0n) is 14.9. The molecule has 6 heteroatoms. The molecule has 0 spiro atoms. The van der Waals surface area contributed by atoms with Gasteiger partial charge in [-0.1, -0.05) is 36.8 Å². The Hall–Kier alpha value is -2.73. The lowest BCUT2D eigenvalue weighted by molar-refractivity contribution is 0.132. The number of hydrogen-bond donors (Lipinski definition) is 1. The Balaban J connectivity index is 1.53. The van der Waals surface area contributed by atoms with Crippen molar-refractivity contribution in [3.05, 3.63) is 60.2 Å². The number of aromatic amines is 1. The monoisotopic (exact) mass is 349 g/mol. The average Bonchev–Trinajstić information content (AvgIpc) is 3.20. The number of H-pyrrole nitrogens is 1. The number of nitrogens with one attached hydrogen (secondary N) is 1. The molecule has 1 aliphatic heterocycles. The number of rotatable bonds is 5. The van der Waals surface area contributed by atoms with Crippen LogP contribution in [0.1, 0.15) is 36.8 Å². The molecule has 1 fully saturated rings. The second-order valence-corrected chi connectivity index (χ2v) is 6.60. The fraction of sp³-hybridized carbons (Fsp3) is 0.350. The van der Waals surface area contributed by atoms with Crippen LogP contribution >= 0.6 is 0 Å². The summed E-state index contributed by atoms with van der Waals surface area (Å²) in [7, 11) is 1.60. The summed E-state index contributed by atoms with van der Waals surface area (Å²) in [5, 5.41) is 8.36. The molecular formula is C20H23N5O. The van der Waals surface area contributed by atoms with Crippen LogP contribution in [0, 0.1) is 0 Å². The van der Waals surface area contributed by atoms with E-state index in [-0.39, 0.29) is 6.04 Å². The van der Waals surface area contributed by atoms with Gasteiger partial charge in [0.05, 0.1) is 30.7 Å². The molecule has 1 N–H and O–H groups in total. The molecule has 3 aromatic rings. The fourth-order valence-corrected chi connectivity index (χ4v) is 3.51. The van der Waals surface area contributed by atoms with Crippen molar-refractivity contribution in [1.82, 2.24) is 25.1 Å². The highest BCUT2D eigenvalue weighted by Crippen LogP contribution is 2.31. The van der Waals surface area contributed by atoms with Crippen molar-refractivity contribution in [2.45, 2.75) is 31.8 Å². The molecule has 0 saturated carbocycles. The molecule has 6 nitrogen and oxygen atoms in total. The van der Waals surface area contributed by atoms with Gasteiger partial charge in [0.15, 0.2) is 0 Å². The quantitative estimate of drug-likeness (QED) is 0.762. The SMILES string of the molecule is COc1ccc(CN2CCCC[C@@H]2c2ncc(-c3ccccc3)[nH]2)nn1. The number of aromatic nitrogens is 4. The van der Waals surface area contributed by atoms with Crippen molar-refractivity contribution >= 4 is 0 Å². The van der Waals surface area contributed by atoms with E-state index in [9.17, 15) is 0 Å². The van der Waals surface area contributed by atoms with Crippen LogP contribution in [-0.4, -0.2) is 38.7 Å². The maximum absolute atomic E-state index is 5.09. The summed E-state index contributed by atoms with van der Waals surface area (Å²) in [6.07, 6.45) is 5.46. The van der Waals surface area contributed by atoms with Crippen LogP contribution in [-0.2, 0) is 6.54 Å². The molecule has 4 rings (SSSR count). The van der Waals surface area contributed by atoms with E-state index in [1.165, 1.54) is 12.8 Å². The molecule has 1 aliphatic rings. The Kier molecular flexibility index (Phi) is 4.93. The van der Waals surface area contributed by atoms with Gasteiger partial charge in [0.1, 0.15) is 5.82 Å². The third kappa shape index (κ3) is 3.60. The maximum atomic E-state index is 5.09. The second-order valence-electron chi connectivity index (χ2n) is 6.60. The van der Waals surface area contributed by atoms with E-state index in [1.54, 1.807) is 7.11 Å². The Bertz CT molecular complexity index is 831. The van der Waals surface area contributed by atoms with Crippen LogP contribution < -0.4 is 4.74 Å². The molecule has 26 heavy (non-hydrogen) atoms. The number of likely N-dealkylation sites (tertiary alicyclic amines) is 1. The lowest BCUT2D eigenvalue weighted by atomic mass is 10.0. The van der Waals surface area contributed by atoms with E-state index in [0.717, 1.165) is 42.3 Å². The fourth-order valence-electron chi connectivity index (χ4n) is 3.51. The van der Waals surface area contributed by atoms with Gasteiger partial charge in [-0.3, -0.25) is 4.90 Å². The van der Waals surface area contributed by atoms with E-state index in [0.29, 0.717) is 5.88 Å². The third-order valence-corrected chi connectivity index (χ3v) is 4.88. The van der Waals surface area contributed by atoms with E-state index in [4.69, 9.17) is 4.74 Å². The number of ether oxygens (including phenoxy) is 1. The van der Waals surface area contributed by atoms with Gasteiger partial charge in [0.25, 0.3) is 0 Å². The third-order valence-electron chi connectivity index (χ3n) is 4.88. The first kappa shape index (κ1) is 16.7. The van der Waals surface area contributed by atoms with E-state index in [1.807, 2.05) is 36.5 Å². The molecule has 1 aromatic carbocycles. The van der Waals surface area contributed by atoms with Gasteiger partial charge in [-0.05, 0) is 31.0 Å². The normalized spacial score (nSPS) is 18.0. The van der Waals surface area contributed by atoms with Gasteiger partial charge in [0.2, 0.25) is 5.88 Å². The standard InChI is InChI=1S/C20H23N5O/c1-26-19-11-10-16(23-24-19)14-25-12-6-5-9-18(25)20-21-13-17(22-20)15-7-3-2-4-8-15/h2-4,7-8,10-11,13,18H,5-6,9,12,14H2,1H3,(H,21,22)/t18-/m1/s1. The van der Waals surface area contributed by atoms with Crippen LogP contribution in [0.3, 0.4) is 0 Å². The van der Waals surface area contributed by atoms with E-state index < -0.39 is 0 Å². The average molecular weight is 349 g/mol. The van der Waals surface area contributed by atoms with Crippen LogP contribution in [0.25, 0.3) is 11.3 Å². The molecule has 0 unspecified atom stereocenters. The highest BCUT2D eigenvalue weighted by molar-refractivity contribution is 5.58. The number of piperidine rings is 1. The molecule has 1 saturated heterocycles. The van der Waals surface area contributed by atoms with Gasteiger partial charge in [0, 0.05) is 12.6 Å². The zero-order valence-corrected chi connectivity index (χ0v) is 14.9. The first-order chi connectivity index (χ1) is 12.8. The van der Waals surface area contributed by atoms with Crippen LogP contribution in [0.4, 0.5) is 0 Å². The Morgan fingerprint density at radius 3 is 2.77 bits per heavy atom. The van der Waals surface area contributed by atoms with Crippen molar-refractivity contribution in [3.8, 4) is 17.1 Å². The predicted molar refractivity (Wildman–Crippen MR) is 99.6 cm³/mol. The molecule has 0 amide bonds. The van der Waals surface area contributed by atoms with E-state index in [2.05, 4.69) is 37.2 Å². The molecule has 1 atom stereocenters. The lowest BCUT2D eigenvalue weighted by Gasteiger charge is -2.34. The summed E-state index contributed by atoms with van der Waals surface area (Å²) in [4.78, 5) is 10.6. The van der Waals surface area contributed by atoms with Crippen molar-refractivity contribution in [2.75, 3.05) is 13.7 Å². The summed E-state index contributed by atoms with van der Waals surface area (Å²) < 4.78 is 5.09. The predicted octanol–water partition coefficient (Wildman–Crippen LogP) is 3.60. The van der Waals surface area contributed by atoms with Crippen molar-refractivity contribution in [2.24, 2.45) is 0 Å². The smallest absolute Gasteiger partial charge is 0.233 e. The molecular weight excluding hydrogens is 326 g/mol. The summed E-state index contributed by atoms with van der Waals surface area (Å²) >= 11 is 0. The zero-order chi connectivity index (χ0) is 17.8. The number of nitrogens with zero attached hydrogens (tertiary/aromatic N) is 4. The summed E-state index contributed by atoms with van der Waals surface area (Å²) in [6.45, 7) is 1.81. The van der Waals surface area contributed by atoms with Crippen molar-refractivity contribution in [1.29, 1.82) is 0 Å². The van der Waals surface area contributed by atoms with Gasteiger partial charge in [-0.2, -0.15) is 5.10 Å². The highest BCUT2D eigenvalue weighted by atomic mass is 16.5. The number of hydrogen-bond acceptors (Lipinski definition) is 5. The minimum absolute atomic E-state index is 0.283. The van der Waals surface area contributed by atoms with E-state index >= 15 is 0 Å². The Morgan fingerprint density at radius 1 is 1.12 bits per heavy atom. The molecule has 134 valence electrons. The molecule has 0 bridgehead atoms. The lowest BCUT2D eigenvalue weighted by Crippen LogP contribution is -2.33.